The molecule has 1 aromatic carbocycles. The van der Waals surface area contributed by atoms with Crippen molar-refractivity contribution in [3.05, 3.63) is 34.3 Å². The highest BCUT2D eigenvalue weighted by Crippen LogP contribution is 2.37. The molecule has 1 aliphatic carbocycles. The number of benzene rings is 1. The lowest BCUT2D eigenvalue weighted by molar-refractivity contribution is -0.133. The van der Waals surface area contributed by atoms with Gasteiger partial charge in [0.1, 0.15) is 0 Å². The first-order valence-corrected chi connectivity index (χ1v) is 8.61. The van der Waals surface area contributed by atoms with Gasteiger partial charge in [-0.2, -0.15) is 0 Å². The van der Waals surface area contributed by atoms with Crippen LogP contribution in [0.5, 0.6) is 0 Å². The molecule has 1 aromatic rings. The van der Waals surface area contributed by atoms with Gasteiger partial charge in [0.2, 0.25) is 0 Å². The van der Waals surface area contributed by atoms with E-state index < -0.39 is 0 Å². The molecule has 0 N–H and O–H groups in total. The first-order chi connectivity index (χ1) is 10.2. The zero-order valence-corrected chi connectivity index (χ0v) is 13.9. The molecule has 1 saturated heterocycles. The Hall–Kier alpha value is -0.710. The minimum atomic E-state index is -0.225. The monoisotopic (exact) mass is 351 g/mol. The number of ether oxygens (including phenoxy) is 1. The second kappa shape index (κ2) is 6.59. The average Bonchev–Trinajstić information content (AvgIpc) is 3.01. The van der Waals surface area contributed by atoms with Gasteiger partial charge in [0.05, 0.1) is 18.8 Å². The van der Waals surface area contributed by atoms with Crippen LogP contribution in [0.25, 0.3) is 0 Å². The Balaban J connectivity index is 1.76. The van der Waals surface area contributed by atoms with Gasteiger partial charge in [0.25, 0.3) is 0 Å². The van der Waals surface area contributed by atoms with E-state index in [2.05, 4.69) is 20.8 Å². The predicted molar refractivity (Wildman–Crippen MR) is 86.4 cm³/mol. The number of halogens is 1. The number of carbonyl (C=O) groups excluding carboxylic acids is 1. The van der Waals surface area contributed by atoms with Crippen molar-refractivity contribution in [3.8, 4) is 0 Å². The number of ketones is 1. The summed E-state index contributed by atoms with van der Waals surface area (Å²) in [4.78, 5) is 15.4. The predicted octanol–water partition coefficient (Wildman–Crippen LogP) is 3.21. The normalized spacial score (nSPS) is 22.3. The smallest absolute Gasteiger partial charge is 0.157 e. The molecule has 3 nitrogen and oxygen atoms in total. The zero-order valence-electron chi connectivity index (χ0n) is 12.3. The minimum Gasteiger partial charge on any atom is -0.379 e. The SMILES string of the molecule is O=C(Cc1ccc(Br)cc1)C1(N2CCOCC2)CCCC1. The van der Waals surface area contributed by atoms with Crippen molar-refractivity contribution in [2.75, 3.05) is 26.3 Å². The Morgan fingerprint density at radius 2 is 1.76 bits per heavy atom. The molecule has 4 heteroatoms. The third-order valence-electron chi connectivity index (χ3n) is 4.84. The molecule has 1 saturated carbocycles. The van der Waals surface area contributed by atoms with Crippen LogP contribution >= 0.6 is 15.9 Å². The maximum atomic E-state index is 13.0. The Morgan fingerprint density at radius 1 is 1.14 bits per heavy atom. The fourth-order valence-electron chi connectivity index (χ4n) is 3.67. The zero-order chi connectivity index (χ0) is 14.7. The van der Waals surface area contributed by atoms with Crippen LogP contribution in [-0.4, -0.2) is 42.5 Å². The summed E-state index contributed by atoms with van der Waals surface area (Å²) in [6.45, 7) is 3.30. The lowest BCUT2D eigenvalue weighted by Gasteiger charge is -2.42. The maximum Gasteiger partial charge on any atom is 0.157 e. The van der Waals surface area contributed by atoms with E-state index in [0.29, 0.717) is 12.2 Å². The molecule has 0 radical (unpaired) electrons. The van der Waals surface area contributed by atoms with Crippen LogP contribution in [0, 0.1) is 0 Å². The molecule has 0 amide bonds. The van der Waals surface area contributed by atoms with Crippen LogP contribution < -0.4 is 0 Å². The molecule has 21 heavy (non-hydrogen) atoms. The molecule has 2 aliphatic rings. The van der Waals surface area contributed by atoms with Crippen molar-refractivity contribution in [1.82, 2.24) is 4.90 Å². The van der Waals surface area contributed by atoms with E-state index in [1.807, 2.05) is 24.3 Å². The van der Waals surface area contributed by atoms with Gasteiger partial charge in [0, 0.05) is 24.0 Å². The molecule has 2 fully saturated rings. The van der Waals surface area contributed by atoms with Crippen LogP contribution in [0.4, 0.5) is 0 Å². The molecular formula is C17H22BrNO2. The second-order valence-electron chi connectivity index (χ2n) is 6.06. The summed E-state index contributed by atoms with van der Waals surface area (Å²) in [5, 5.41) is 0. The van der Waals surface area contributed by atoms with E-state index in [4.69, 9.17) is 4.74 Å². The molecule has 0 spiro atoms. The Morgan fingerprint density at radius 3 is 2.38 bits per heavy atom. The van der Waals surface area contributed by atoms with Gasteiger partial charge in [-0.05, 0) is 30.5 Å². The van der Waals surface area contributed by atoms with Crippen LogP contribution in [0.3, 0.4) is 0 Å². The molecule has 1 aliphatic heterocycles. The number of hydrogen-bond acceptors (Lipinski definition) is 3. The summed E-state index contributed by atoms with van der Waals surface area (Å²) in [5.74, 6) is 0.393. The standard InChI is InChI=1S/C17H22BrNO2/c18-15-5-3-14(4-6-15)13-16(20)17(7-1-2-8-17)19-9-11-21-12-10-19/h3-6H,1-2,7-13H2. The number of carbonyl (C=O) groups is 1. The highest BCUT2D eigenvalue weighted by Gasteiger charge is 2.45. The highest BCUT2D eigenvalue weighted by atomic mass is 79.9. The first kappa shape index (κ1) is 15.2. The number of rotatable bonds is 4. The third kappa shape index (κ3) is 3.22. The maximum absolute atomic E-state index is 13.0. The van der Waals surface area contributed by atoms with Gasteiger partial charge < -0.3 is 4.74 Å². The Labute approximate surface area is 134 Å². The van der Waals surface area contributed by atoms with E-state index >= 15 is 0 Å². The Kier molecular flexibility index (Phi) is 4.77. The summed E-state index contributed by atoms with van der Waals surface area (Å²) >= 11 is 3.44. The van der Waals surface area contributed by atoms with Crippen LogP contribution in [0.1, 0.15) is 31.2 Å². The van der Waals surface area contributed by atoms with E-state index in [0.717, 1.165) is 49.2 Å². The molecule has 0 aromatic heterocycles. The number of hydrogen-bond donors (Lipinski definition) is 0. The molecule has 0 unspecified atom stereocenters. The fraction of sp³-hybridized carbons (Fsp3) is 0.588. The minimum absolute atomic E-state index is 0.225. The second-order valence-corrected chi connectivity index (χ2v) is 6.98. The van der Waals surface area contributed by atoms with Gasteiger partial charge in [0.15, 0.2) is 5.78 Å². The lowest BCUT2D eigenvalue weighted by atomic mass is 9.86. The summed E-state index contributed by atoms with van der Waals surface area (Å²) in [7, 11) is 0. The third-order valence-corrected chi connectivity index (χ3v) is 5.37. The number of nitrogens with zero attached hydrogens (tertiary/aromatic N) is 1. The van der Waals surface area contributed by atoms with Crippen molar-refractivity contribution in [2.45, 2.75) is 37.6 Å². The Bertz CT molecular complexity index is 488. The molecule has 114 valence electrons. The summed E-state index contributed by atoms with van der Waals surface area (Å²) < 4.78 is 6.52. The van der Waals surface area contributed by atoms with Crippen molar-refractivity contribution in [1.29, 1.82) is 0 Å². The first-order valence-electron chi connectivity index (χ1n) is 7.81. The van der Waals surface area contributed by atoms with Crippen LogP contribution in [-0.2, 0) is 16.0 Å². The number of morpholine rings is 1. The van der Waals surface area contributed by atoms with Gasteiger partial charge in [-0.25, -0.2) is 0 Å². The van der Waals surface area contributed by atoms with Crippen molar-refractivity contribution >= 4 is 21.7 Å². The highest BCUT2D eigenvalue weighted by molar-refractivity contribution is 9.10. The summed E-state index contributed by atoms with van der Waals surface area (Å²) in [5.41, 5.74) is 0.888. The van der Waals surface area contributed by atoms with Gasteiger partial charge in [-0.1, -0.05) is 40.9 Å². The van der Waals surface area contributed by atoms with E-state index in [1.54, 1.807) is 0 Å². The molecule has 0 atom stereocenters. The molecular weight excluding hydrogens is 330 g/mol. The summed E-state index contributed by atoms with van der Waals surface area (Å²) in [6.07, 6.45) is 4.92. The van der Waals surface area contributed by atoms with Crippen LogP contribution in [0.2, 0.25) is 0 Å². The van der Waals surface area contributed by atoms with Crippen molar-refractivity contribution in [3.63, 3.8) is 0 Å². The van der Waals surface area contributed by atoms with Gasteiger partial charge in [-0.15, -0.1) is 0 Å². The van der Waals surface area contributed by atoms with Crippen LogP contribution in [0.15, 0.2) is 28.7 Å². The van der Waals surface area contributed by atoms with Gasteiger partial charge >= 0.3 is 0 Å². The largest absolute Gasteiger partial charge is 0.379 e. The number of Topliss-reactive ketones (excluding diaryl/α,β-unsaturated/α-hetero) is 1. The lowest BCUT2D eigenvalue weighted by Crippen LogP contribution is -2.57. The average molecular weight is 352 g/mol. The van der Waals surface area contributed by atoms with Gasteiger partial charge in [-0.3, -0.25) is 9.69 Å². The molecule has 0 bridgehead atoms. The molecule has 3 rings (SSSR count). The van der Waals surface area contributed by atoms with Crippen molar-refractivity contribution < 1.29 is 9.53 Å². The quantitative estimate of drug-likeness (QED) is 0.834. The fourth-order valence-corrected chi connectivity index (χ4v) is 3.94. The summed E-state index contributed by atoms with van der Waals surface area (Å²) in [6, 6.07) is 8.12. The molecule has 1 heterocycles. The topological polar surface area (TPSA) is 29.5 Å². The van der Waals surface area contributed by atoms with Crippen molar-refractivity contribution in [2.24, 2.45) is 0 Å². The van der Waals surface area contributed by atoms with E-state index in [1.165, 1.54) is 12.8 Å². The van der Waals surface area contributed by atoms with E-state index in [9.17, 15) is 4.79 Å². The van der Waals surface area contributed by atoms with E-state index in [-0.39, 0.29) is 5.54 Å².